The first-order valence-electron chi connectivity index (χ1n) is 18.9. The molecule has 6 atom stereocenters. The first-order valence-corrected chi connectivity index (χ1v) is 18.9. The average Bonchev–Trinajstić information content (AvgIpc) is 3.10. The van der Waals surface area contributed by atoms with E-state index in [2.05, 4.69) is 82.7 Å². The maximum atomic E-state index is 10.8. The van der Waals surface area contributed by atoms with Gasteiger partial charge in [0.15, 0.2) is 0 Å². The number of piperidine rings is 2. The van der Waals surface area contributed by atoms with Gasteiger partial charge < -0.3 is 15.7 Å². The fourth-order valence-corrected chi connectivity index (χ4v) is 9.93. The molecule has 2 saturated heterocycles. The Balaban J connectivity index is 1.24. The highest BCUT2D eigenvalue weighted by Gasteiger charge is 2.58. The molecule has 0 saturated carbocycles. The third-order valence-corrected chi connectivity index (χ3v) is 11.9. The van der Waals surface area contributed by atoms with Gasteiger partial charge in [0.2, 0.25) is 0 Å². The summed E-state index contributed by atoms with van der Waals surface area (Å²) in [5.41, 5.74) is 12.5. The van der Waals surface area contributed by atoms with Gasteiger partial charge in [0, 0.05) is 42.2 Å². The van der Waals surface area contributed by atoms with Gasteiger partial charge in [0.1, 0.15) is 11.3 Å². The van der Waals surface area contributed by atoms with Gasteiger partial charge in [-0.3, -0.25) is 4.90 Å². The molecule has 254 valence electrons. The summed E-state index contributed by atoms with van der Waals surface area (Å²) in [6.45, 7) is 6.54. The number of nitrogens with two attached hydrogens (primary N) is 1. The van der Waals surface area contributed by atoms with E-state index in [1.807, 2.05) is 6.07 Å². The smallest absolute Gasteiger partial charge is 0.141 e. The van der Waals surface area contributed by atoms with Gasteiger partial charge in [-0.2, -0.15) is 0 Å². The van der Waals surface area contributed by atoms with Gasteiger partial charge in [0.05, 0.1) is 0 Å². The van der Waals surface area contributed by atoms with E-state index in [0.717, 1.165) is 99.8 Å². The normalized spacial score (nSPS) is 33.9. The number of phenolic OH excluding ortho intramolecular Hbond substituents is 1. The molecule has 6 aliphatic rings. The first-order chi connectivity index (χ1) is 23.7. The van der Waals surface area contributed by atoms with Crippen molar-refractivity contribution in [2.24, 2.45) is 23.0 Å². The zero-order chi connectivity index (χ0) is 32.8. The minimum atomic E-state index is 0.267. The molecular formula is C43H56N4O. The molecule has 6 heterocycles. The monoisotopic (exact) mass is 644 g/mol. The van der Waals surface area contributed by atoms with E-state index in [4.69, 9.17) is 10.7 Å². The lowest BCUT2D eigenvalue weighted by atomic mass is 9.52. The Kier molecular flexibility index (Phi) is 10.8. The fourth-order valence-electron chi connectivity index (χ4n) is 9.93. The number of hydrogen-bond donors (Lipinski definition) is 2. The van der Waals surface area contributed by atoms with Crippen molar-refractivity contribution in [1.82, 2.24) is 14.8 Å². The molecule has 0 amide bonds. The van der Waals surface area contributed by atoms with Crippen LogP contribution in [0, 0.1) is 17.3 Å². The third-order valence-electron chi connectivity index (χ3n) is 11.9. The summed E-state index contributed by atoms with van der Waals surface area (Å²) >= 11 is 0. The van der Waals surface area contributed by atoms with Gasteiger partial charge in [-0.15, -0.1) is 0 Å². The maximum absolute atomic E-state index is 10.8. The van der Waals surface area contributed by atoms with Crippen molar-refractivity contribution in [3.05, 3.63) is 101 Å². The predicted octanol–water partition coefficient (Wildman–Crippen LogP) is 8.31. The summed E-state index contributed by atoms with van der Waals surface area (Å²) in [6, 6.07) is 6.32. The summed E-state index contributed by atoms with van der Waals surface area (Å²) in [5.74, 6) is 1.67. The summed E-state index contributed by atoms with van der Waals surface area (Å²) in [7, 11) is 0. The van der Waals surface area contributed by atoms with Gasteiger partial charge >= 0.3 is 0 Å². The zero-order valence-electron chi connectivity index (χ0n) is 28.9. The van der Waals surface area contributed by atoms with Crippen LogP contribution in [0.2, 0.25) is 0 Å². The second kappa shape index (κ2) is 15.5. The standard InChI is InChI=1S/C43H56N4O/c44-26-23-35-36-19-12-14-25-43-32-46-27-15-10-8-6-4-2-1-3-5-7-9-11-18-33-30-34(38(43)24-29-46)31-47(42(33)43)28-16-13-21-39(36)45-41-37(35)20-17-22-40(41)48/h2-5,8-12,17,19-20,22,30,34,38,42,48H,1,6-7,13-16,18,21,23-29,31-32,44H2/b4-2-,5-3?,10-8-,11-9-,19-12-. The van der Waals surface area contributed by atoms with Crippen molar-refractivity contribution in [2.75, 3.05) is 39.3 Å². The molecular weight excluding hydrogens is 589 g/mol. The maximum Gasteiger partial charge on any atom is 0.141 e. The average molecular weight is 645 g/mol. The highest BCUT2D eigenvalue weighted by atomic mass is 16.3. The van der Waals surface area contributed by atoms with Gasteiger partial charge in [-0.25, -0.2) is 4.98 Å². The molecule has 0 radical (unpaired) electrons. The lowest BCUT2D eigenvalue weighted by Crippen LogP contribution is -2.68. The fraction of sp³-hybridized carbons (Fsp3) is 0.512. The van der Waals surface area contributed by atoms with Crippen LogP contribution in [0.3, 0.4) is 0 Å². The van der Waals surface area contributed by atoms with E-state index in [-0.39, 0.29) is 11.2 Å². The molecule has 48 heavy (non-hydrogen) atoms. The van der Waals surface area contributed by atoms with Crippen LogP contribution in [0.15, 0.2) is 84.5 Å². The Morgan fingerprint density at radius 1 is 0.896 bits per heavy atom. The quantitative estimate of drug-likeness (QED) is 0.322. The second-order valence-electron chi connectivity index (χ2n) is 14.9. The second-order valence-corrected chi connectivity index (χ2v) is 14.9. The van der Waals surface area contributed by atoms with Gasteiger partial charge in [0.25, 0.3) is 0 Å². The highest BCUT2D eigenvalue weighted by molar-refractivity contribution is 5.90. The van der Waals surface area contributed by atoms with Crippen LogP contribution in [0.1, 0.15) is 81.0 Å². The number of pyridine rings is 1. The number of aromatic hydroxyl groups is 1. The van der Waals surface area contributed by atoms with Crippen molar-refractivity contribution in [3.63, 3.8) is 0 Å². The number of aromatic nitrogens is 1. The molecule has 1 spiro atoms. The Labute approximate surface area is 288 Å². The van der Waals surface area contributed by atoms with Crippen molar-refractivity contribution >= 4 is 17.0 Å². The van der Waals surface area contributed by atoms with Crippen molar-refractivity contribution in [3.8, 4) is 5.75 Å². The number of para-hydroxylation sites is 1. The first kappa shape index (κ1) is 33.3. The predicted molar refractivity (Wildman–Crippen MR) is 201 cm³/mol. The number of phenols is 1. The van der Waals surface area contributed by atoms with Crippen LogP contribution in [0.25, 0.3) is 17.0 Å². The summed E-state index contributed by atoms with van der Waals surface area (Å²) in [5, 5.41) is 11.8. The number of nitrogens with zero attached hydrogens (tertiary/aromatic N) is 3. The molecule has 1 aliphatic carbocycles. The van der Waals surface area contributed by atoms with Gasteiger partial charge in [-0.05, 0) is 126 Å². The molecule has 2 fully saturated rings. The number of hydrogen-bond acceptors (Lipinski definition) is 5. The molecule has 5 heteroatoms. The van der Waals surface area contributed by atoms with Crippen molar-refractivity contribution < 1.29 is 5.11 Å². The van der Waals surface area contributed by atoms with E-state index >= 15 is 0 Å². The van der Waals surface area contributed by atoms with E-state index in [0.29, 0.717) is 18.5 Å². The Morgan fingerprint density at radius 3 is 2.54 bits per heavy atom. The number of benzene rings is 1. The molecule has 3 N–H and O–H groups in total. The molecule has 2 aromatic rings. The molecule has 5 nitrogen and oxygen atoms in total. The SMILES string of the molecule is NCCc1c2c(nc3c(O)cccc13)CCCCN1CC3C=C4C/C=C\CC=CC/C=C\C/C=C\CCN5CCC3C(CC/C=C\2)(C5)C41. The summed E-state index contributed by atoms with van der Waals surface area (Å²) in [6.07, 6.45) is 39.2. The number of aryl methyl sites for hydroxylation is 1. The zero-order valence-corrected chi connectivity index (χ0v) is 28.9. The van der Waals surface area contributed by atoms with Crippen LogP contribution in [-0.2, 0) is 12.8 Å². The minimum absolute atomic E-state index is 0.267. The largest absolute Gasteiger partial charge is 0.506 e. The van der Waals surface area contributed by atoms with Crippen molar-refractivity contribution in [2.45, 2.75) is 83.1 Å². The third kappa shape index (κ3) is 6.92. The molecule has 8 rings (SSSR count). The highest BCUT2D eigenvalue weighted by Crippen LogP contribution is 2.57. The summed E-state index contributed by atoms with van der Waals surface area (Å²) in [4.78, 5) is 10.9. The number of rotatable bonds is 2. The van der Waals surface area contributed by atoms with Crippen LogP contribution >= 0.6 is 0 Å². The topological polar surface area (TPSA) is 65.6 Å². The molecule has 5 aliphatic heterocycles. The lowest BCUT2D eigenvalue weighted by molar-refractivity contribution is -0.109. The Bertz CT molecular complexity index is 1610. The Hall–Kier alpha value is -3.25. The van der Waals surface area contributed by atoms with Crippen molar-refractivity contribution in [1.29, 1.82) is 0 Å². The lowest BCUT2D eigenvalue weighted by Gasteiger charge is -2.64. The van der Waals surface area contributed by atoms with E-state index in [1.54, 1.807) is 11.6 Å². The summed E-state index contributed by atoms with van der Waals surface area (Å²) < 4.78 is 0. The van der Waals surface area contributed by atoms with E-state index in [1.165, 1.54) is 43.6 Å². The minimum Gasteiger partial charge on any atom is -0.506 e. The molecule has 6 bridgehead atoms. The van der Waals surface area contributed by atoms with E-state index < -0.39 is 0 Å². The molecule has 6 unspecified atom stereocenters. The van der Waals surface area contributed by atoms with Crippen LogP contribution in [0.5, 0.6) is 5.75 Å². The van der Waals surface area contributed by atoms with Crippen LogP contribution in [-0.4, -0.2) is 65.2 Å². The molecule has 1 aromatic carbocycles. The molecule has 1 aromatic heterocycles. The van der Waals surface area contributed by atoms with Crippen LogP contribution in [0.4, 0.5) is 0 Å². The van der Waals surface area contributed by atoms with Gasteiger partial charge in [-0.1, -0.05) is 84.5 Å². The number of allylic oxidation sites excluding steroid dienone is 8. The van der Waals surface area contributed by atoms with E-state index in [9.17, 15) is 5.11 Å². The Morgan fingerprint density at radius 2 is 1.71 bits per heavy atom. The van der Waals surface area contributed by atoms with Crippen LogP contribution < -0.4 is 5.73 Å². The number of fused-ring (bicyclic) bond motifs is 3.